The molecule has 2 aliphatic heterocycles. The van der Waals surface area contributed by atoms with Crippen LogP contribution in [0.5, 0.6) is 5.75 Å². The normalized spacial score (nSPS) is 17.1. The van der Waals surface area contributed by atoms with Crippen LogP contribution in [0, 0.1) is 0 Å². The molecule has 0 saturated carbocycles. The summed E-state index contributed by atoms with van der Waals surface area (Å²) >= 11 is 1.81. The highest BCUT2D eigenvalue weighted by atomic mass is 32.1. The maximum atomic E-state index is 11.7. The van der Waals surface area contributed by atoms with Crippen molar-refractivity contribution in [2.24, 2.45) is 0 Å². The number of fused-ring (bicyclic) bond motifs is 2. The summed E-state index contributed by atoms with van der Waals surface area (Å²) in [6.07, 6.45) is 2.34. The van der Waals surface area contributed by atoms with Gasteiger partial charge in [-0.25, -0.2) is 0 Å². The average molecular weight is 422 g/mol. The van der Waals surface area contributed by atoms with Gasteiger partial charge in [-0.1, -0.05) is 18.2 Å². The van der Waals surface area contributed by atoms with E-state index in [1.165, 1.54) is 21.3 Å². The maximum Gasteiger partial charge on any atom is 0.224 e. The van der Waals surface area contributed by atoms with Crippen LogP contribution in [0.3, 0.4) is 0 Å². The Balaban J connectivity index is 1.10. The van der Waals surface area contributed by atoms with Gasteiger partial charge in [-0.05, 0) is 48.1 Å². The first kappa shape index (κ1) is 19.4. The van der Waals surface area contributed by atoms with E-state index >= 15 is 0 Å². The van der Waals surface area contributed by atoms with E-state index < -0.39 is 0 Å². The third-order valence-electron chi connectivity index (χ3n) is 6.06. The van der Waals surface area contributed by atoms with Gasteiger partial charge in [-0.3, -0.25) is 9.69 Å². The van der Waals surface area contributed by atoms with Crippen molar-refractivity contribution < 1.29 is 9.53 Å². The molecule has 156 valence electrons. The van der Waals surface area contributed by atoms with Crippen molar-refractivity contribution in [2.75, 3.05) is 49.5 Å². The number of thiophene rings is 1. The first-order chi connectivity index (χ1) is 14.8. The lowest BCUT2D eigenvalue weighted by Gasteiger charge is -2.36. The molecule has 2 aliphatic rings. The Bertz CT molecular complexity index is 1040. The van der Waals surface area contributed by atoms with Crippen LogP contribution in [0.15, 0.2) is 47.8 Å². The van der Waals surface area contributed by atoms with Crippen LogP contribution in [0.4, 0.5) is 11.4 Å². The molecule has 0 bridgehead atoms. The zero-order valence-electron chi connectivity index (χ0n) is 17.1. The van der Waals surface area contributed by atoms with Crippen LogP contribution in [0.25, 0.3) is 10.1 Å². The minimum absolute atomic E-state index is 0.0783. The number of anilines is 2. The Morgan fingerprint density at radius 3 is 2.77 bits per heavy atom. The molecule has 1 aromatic heterocycles. The van der Waals surface area contributed by atoms with Gasteiger partial charge >= 0.3 is 0 Å². The number of aryl methyl sites for hydroxylation is 1. The molecule has 0 radical (unpaired) electrons. The van der Waals surface area contributed by atoms with E-state index in [0.717, 1.165) is 57.0 Å². The van der Waals surface area contributed by atoms with Gasteiger partial charge in [0.1, 0.15) is 5.75 Å². The summed E-state index contributed by atoms with van der Waals surface area (Å²) in [5, 5.41) is 6.53. The van der Waals surface area contributed by atoms with Crippen LogP contribution in [-0.2, 0) is 11.2 Å². The Morgan fingerprint density at radius 2 is 1.87 bits per heavy atom. The summed E-state index contributed by atoms with van der Waals surface area (Å²) in [6, 6.07) is 14.9. The topological polar surface area (TPSA) is 44.8 Å². The van der Waals surface area contributed by atoms with Crippen molar-refractivity contribution in [1.29, 1.82) is 0 Å². The lowest BCUT2D eigenvalue weighted by atomic mass is 10.0. The van der Waals surface area contributed by atoms with E-state index in [2.05, 4.69) is 50.8 Å². The third kappa shape index (κ3) is 4.02. The monoisotopic (exact) mass is 421 g/mol. The summed E-state index contributed by atoms with van der Waals surface area (Å²) in [7, 11) is 0. The highest BCUT2D eigenvalue weighted by Gasteiger charge is 2.20. The Hall–Kier alpha value is -2.57. The number of para-hydroxylation sites is 1. The third-order valence-corrected chi connectivity index (χ3v) is 6.94. The largest absolute Gasteiger partial charge is 0.491 e. The fourth-order valence-electron chi connectivity index (χ4n) is 4.43. The number of amides is 1. The molecular formula is C24H27N3O2S. The molecule has 1 fully saturated rings. The predicted molar refractivity (Wildman–Crippen MR) is 124 cm³/mol. The SMILES string of the molecule is O=C1CCc2cccc(OCCCN3CCN(c4cccc5sccc45)CC3)c2N1. The lowest BCUT2D eigenvalue weighted by Crippen LogP contribution is -2.46. The van der Waals surface area contributed by atoms with Crippen molar-refractivity contribution >= 4 is 38.7 Å². The van der Waals surface area contributed by atoms with Gasteiger partial charge in [0, 0.05) is 54.9 Å². The van der Waals surface area contributed by atoms with Gasteiger partial charge in [0.2, 0.25) is 5.91 Å². The van der Waals surface area contributed by atoms with Gasteiger partial charge < -0.3 is 15.0 Å². The second kappa shape index (κ2) is 8.66. The molecule has 0 unspecified atom stereocenters. The molecular weight excluding hydrogens is 394 g/mol. The number of carbonyl (C=O) groups excluding carboxylic acids is 1. The van der Waals surface area contributed by atoms with Gasteiger partial charge in [0.25, 0.3) is 0 Å². The minimum Gasteiger partial charge on any atom is -0.491 e. The highest BCUT2D eigenvalue weighted by Crippen LogP contribution is 2.33. The number of ether oxygens (including phenoxy) is 1. The van der Waals surface area contributed by atoms with Crippen molar-refractivity contribution in [3.05, 3.63) is 53.4 Å². The fourth-order valence-corrected chi connectivity index (χ4v) is 5.24. The summed E-state index contributed by atoms with van der Waals surface area (Å²) in [5.41, 5.74) is 3.40. The molecule has 3 aromatic rings. The van der Waals surface area contributed by atoms with E-state index in [-0.39, 0.29) is 5.91 Å². The zero-order chi connectivity index (χ0) is 20.3. The first-order valence-corrected chi connectivity index (χ1v) is 11.6. The minimum atomic E-state index is 0.0783. The molecule has 0 spiro atoms. The number of nitrogens with one attached hydrogen (secondary N) is 1. The summed E-state index contributed by atoms with van der Waals surface area (Å²) in [4.78, 5) is 16.8. The van der Waals surface area contributed by atoms with E-state index in [1.54, 1.807) is 0 Å². The number of piperazine rings is 1. The molecule has 1 amide bonds. The summed E-state index contributed by atoms with van der Waals surface area (Å²) in [6.45, 7) is 6.00. The molecule has 1 N–H and O–H groups in total. The van der Waals surface area contributed by atoms with Crippen molar-refractivity contribution in [3.8, 4) is 5.75 Å². The maximum absolute atomic E-state index is 11.7. The van der Waals surface area contributed by atoms with Crippen LogP contribution >= 0.6 is 11.3 Å². The highest BCUT2D eigenvalue weighted by molar-refractivity contribution is 7.17. The van der Waals surface area contributed by atoms with E-state index in [1.807, 2.05) is 23.5 Å². The van der Waals surface area contributed by atoms with Crippen LogP contribution < -0.4 is 15.0 Å². The molecule has 30 heavy (non-hydrogen) atoms. The second-order valence-electron chi connectivity index (χ2n) is 7.98. The molecule has 5 nitrogen and oxygen atoms in total. The number of nitrogens with zero attached hydrogens (tertiary/aromatic N) is 2. The molecule has 0 atom stereocenters. The van der Waals surface area contributed by atoms with Gasteiger partial charge in [0.15, 0.2) is 0 Å². The van der Waals surface area contributed by atoms with Crippen LogP contribution in [-0.4, -0.2) is 50.1 Å². The smallest absolute Gasteiger partial charge is 0.224 e. The molecule has 0 aliphatic carbocycles. The quantitative estimate of drug-likeness (QED) is 0.600. The Morgan fingerprint density at radius 1 is 1.00 bits per heavy atom. The van der Waals surface area contributed by atoms with E-state index in [9.17, 15) is 4.79 Å². The van der Waals surface area contributed by atoms with Crippen molar-refractivity contribution in [2.45, 2.75) is 19.3 Å². The standard InChI is InChI=1S/C24H27N3O2S/c28-23-9-8-18-4-1-6-21(24(18)25-23)29-16-3-11-26-12-14-27(15-13-26)20-5-2-7-22-19(20)10-17-30-22/h1-2,4-7,10,17H,3,8-9,11-16H2,(H,25,28). The Labute approximate surface area is 181 Å². The zero-order valence-corrected chi connectivity index (χ0v) is 17.9. The lowest BCUT2D eigenvalue weighted by molar-refractivity contribution is -0.116. The molecule has 6 heteroatoms. The molecule has 1 saturated heterocycles. The number of rotatable bonds is 6. The number of benzene rings is 2. The van der Waals surface area contributed by atoms with E-state index in [4.69, 9.17) is 4.74 Å². The molecule has 3 heterocycles. The first-order valence-electron chi connectivity index (χ1n) is 10.8. The van der Waals surface area contributed by atoms with Gasteiger partial charge in [0.05, 0.1) is 12.3 Å². The Kier molecular flexibility index (Phi) is 5.60. The number of carbonyl (C=O) groups is 1. The average Bonchev–Trinajstić information content (AvgIpc) is 3.26. The summed E-state index contributed by atoms with van der Waals surface area (Å²) < 4.78 is 7.39. The fraction of sp³-hybridized carbons (Fsp3) is 0.375. The van der Waals surface area contributed by atoms with Gasteiger partial charge in [-0.2, -0.15) is 0 Å². The number of hydrogen-bond acceptors (Lipinski definition) is 5. The second-order valence-corrected chi connectivity index (χ2v) is 8.93. The number of hydrogen-bond donors (Lipinski definition) is 1. The predicted octanol–water partition coefficient (Wildman–Crippen LogP) is 4.38. The molecule has 2 aromatic carbocycles. The van der Waals surface area contributed by atoms with E-state index in [0.29, 0.717) is 13.0 Å². The molecule has 5 rings (SSSR count). The van der Waals surface area contributed by atoms with Crippen molar-refractivity contribution in [3.63, 3.8) is 0 Å². The van der Waals surface area contributed by atoms with Crippen LogP contribution in [0.2, 0.25) is 0 Å². The van der Waals surface area contributed by atoms with Gasteiger partial charge in [-0.15, -0.1) is 11.3 Å². The van der Waals surface area contributed by atoms with Crippen LogP contribution in [0.1, 0.15) is 18.4 Å². The van der Waals surface area contributed by atoms with Crippen molar-refractivity contribution in [1.82, 2.24) is 4.90 Å². The summed E-state index contributed by atoms with van der Waals surface area (Å²) in [5.74, 6) is 0.879.